The Balaban J connectivity index is 0.000000853. The Bertz CT molecular complexity index is 529. The number of allylic oxidation sites excluding steroid dienone is 4. The summed E-state index contributed by atoms with van der Waals surface area (Å²) in [7, 11) is 0. The molecular formula is C14H11Zr+. The van der Waals surface area contributed by atoms with Crippen LogP contribution < -0.4 is 0 Å². The molecule has 2 aromatic carbocycles. The summed E-state index contributed by atoms with van der Waals surface area (Å²) < 4.78 is 0. The first-order chi connectivity index (χ1) is 6.95. The summed E-state index contributed by atoms with van der Waals surface area (Å²) in [5, 5.41) is 2.72. The Labute approximate surface area is 109 Å². The second-order valence-electron chi connectivity index (χ2n) is 3.66. The number of benzene rings is 1. The van der Waals surface area contributed by atoms with Crippen LogP contribution in [-0.2, 0) is 26.2 Å². The average Bonchev–Trinajstić information content (AvgIpc) is 2.85. The van der Waals surface area contributed by atoms with E-state index < -0.39 is 0 Å². The van der Waals surface area contributed by atoms with Crippen LogP contribution in [0.3, 0.4) is 0 Å². The van der Waals surface area contributed by atoms with Crippen molar-refractivity contribution in [2.24, 2.45) is 0 Å². The van der Waals surface area contributed by atoms with Crippen LogP contribution in [0.25, 0.3) is 16.3 Å². The summed E-state index contributed by atoms with van der Waals surface area (Å²) in [5.41, 5.74) is 2.83. The molecule has 1 heteroatoms. The Morgan fingerprint density at radius 1 is 1.07 bits per heavy atom. The molecule has 1 aliphatic carbocycles. The van der Waals surface area contributed by atoms with Crippen LogP contribution in [0.1, 0.15) is 12.0 Å². The van der Waals surface area contributed by atoms with Crippen LogP contribution in [0, 0.1) is 0 Å². The Morgan fingerprint density at radius 3 is 2.73 bits per heavy atom. The third kappa shape index (κ3) is 1.81. The van der Waals surface area contributed by atoms with Crippen LogP contribution in [0.2, 0.25) is 0 Å². The summed E-state index contributed by atoms with van der Waals surface area (Å²) in [6.07, 6.45) is 7.63. The minimum atomic E-state index is 0. The Kier molecular flexibility index (Phi) is 3.12. The van der Waals surface area contributed by atoms with Gasteiger partial charge in [0.15, 0.2) is 0 Å². The second-order valence-corrected chi connectivity index (χ2v) is 3.66. The summed E-state index contributed by atoms with van der Waals surface area (Å²) in [4.78, 5) is 0. The molecule has 0 heterocycles. The first-order valence-electron chi connectivity index (χ1n) is 4.96. The zero-order valence-electron chi connectivity index (χ0n) is 8.40. The molecule has 0 nitrogen and oxygen atoms in total. The molecule has 0 bridgehead atoms. The van der Waals surface area contributed by atoms with Crippen molar-refractivity contribution in [3.8, 4) is 0 Å². The Morgan fingerprint density at radius 2 is 1.93 bits per heavy atom. The van der Waals surface area contributed by atoms with Gasteiger partial charge in [-0.3, -0.25) is 0 Å². The molecule has 2 aromatic rings. The van der Waals surface area contributed by atoms with Gasteiger partial charge in [-0.2, -0.15) is 0 Å². The zero-order valence-corrected chi connectivity index (χ0v) is 10.9. The molecule has 0 unspecified atom stereocenters. The molecule has 15 heavy (non-hydrogen) atoms. The normalized spacial score (nSPS) is 14.0. The molecule has 0 saturated heterocycles. The van der Waals surface area contributed by atoms with Crippen LogP contribution >= 0.6 is 0 Å². The largest absolute Gasteiger partial charge is 2.00 e. The van der Waals surface area contributed by atoms with E-state index in [1.807, 2.05) is 0 Å². The summed E-state index contributed by atoms with van der Waals surface area (Å²) in [6, 6.07) is 13.0. The maximum atomic E-state index is 2.23. The maximum Gasteiger partial charge on any atom is 2.00 e. The van der Waals surface area contributed by atoms with Gasteiger partial charge in [-0.05, 0) is 6.42 Å². The molecule has 0 amide bonds. The van der Waals surface area contributed by atoms with E-state index in [0.29, 0.717) is 0 Å². The van der Waals surface area contributed by atoms with Gasteiger partial charge in [0.2, 0.25) is 0 Å². The van der Waals surface area contributed by atoms with E-state index in [1.54, 1.807) is 0 Å². The minimum absolute atomic E-state index is 0. The number of fused-ring (bicyclic) bond motifs is 1. The number of hydrogen-bond donors (Lipinski definition) is 0. The van der Waals surface area contributed by atoms with Gasteiger partial charge in [0, 0.05) is 0 Å². The van der Waals surface area contributed by atoms with Crippen molar-refractivity contribution in [3.63, 3.8) is 0 Å². The van der Waals surface area contributed by atoms with Gasteiger partial charge in [0.1, 0.15) is 0 Å². The van der Waals surface area contributed by atoms with Crippen molar-refractivity contribution in [2.75, 3.05) is 0 Å². The fourth-order valence-corrected chi connectivity index (χ4v) is 2.08. The molecule has 0 saturated carbocycles. The van der Waals surface area contributed by atoms with E-state index in [-0.39, 0.29) is 26.2 Å². The fourth-order valence-electron chi connectivity index (χ4n) is 2.08. The van der Waals surface area contributed by atoms with E-state index in [2.05, 4.69) is 54.6 Å². The minimum Gasteiger partial charge on any atom is -0.144 e. The predicted octanol–water partition coefficient (Wildman–Crippen LogP) is 3.90. The molecule has 70 valence electrons. The van der Waals surface area contributed by atoms with Gasteiger partial charge in [-0.15, -0.1) is 40.6 Å². The molecule has 0 radical (unpaired) electrons. The molecule has 0 aromatic heterocycles. The first-order valence-corrected chi connectivity index (χ1v) is 4.96. The first kappa shape index (κ1) is 10.7. The molecule has 0 aliphatic heterocycles. The monoisotopic (exact) mass is 269 g/mol. The van der Waals surface area contributed by atoms with E-state index in [4.69, 9.17) is 0 Å². The van der Waals surface area contributed by atoms with Gasteiger partial charge in [0.05, 0.1) is 0 Å². The van der Waals surface area contributed by atoms with Gasteiger partial charge in [0.25, 0.3) is 0 Å². The maximum absolute atomic E-state index is 2.23. The molecule has 0 spiro atoms. The SMILES string of the molecule is C1=CCC([c-]2ccc3ccccc32)=C1.[Zr+2]. The average molecular weight is 270 g/mol. The van der Waals surface area contributed by atoms with Crippen molar-refractivity contribution < 1.29 is 26.2 Å². The van der Waals surface area contributed by atoms with Crippen molar-refractivity contribution >= 4 is 16.3 Å². The molecule has 1 aliphatic rings. The van der Waals surface area contributed by atoms with Gasteiger partial charge in [-0.25, -0.2) is 0 Å². The topological polar surface area (TPSA) is 0 Å². The van der Waals surface area contributed by atoms with Crippen LogP contribution in [0.15, 0.2) is 54.6 Å². The van der Waals surface area contributed by atoms with Crippen molar-refractivity contribution in [2.45, 2.75) is 6.42 Å². The van der Waals surface area contributed by atoms with E-state index in [9.17, 15) is 0 Å². The fraction of sp³-hybridized carbons (Fsp3) is 0.0714. The van der Waals surface area contributed by atoms with Crippen LogP contribution in [-0.4, -0.2) is 0 Å². The molecule has 3 rings (SSSR count). The summed E-state index contributed by atoms with van der Waals surface area (Å²) in [6.45, 7) is 0. The van der Waals surface area contributed by atoms with Gasteiger partial charge < -0.3 is 0 Å². The van der Waals surface area contributed by atoms with Crippen molar-refractivity contribution in [1.29, 1.82) is 0 Å². The van der Waals surface area contributed by atoms with Crippen molar-refractivity contribution in [3.05, 3.63) is 60.2 Å². The van der Waals surface area contributed by atoms with Crippen molar-refractivity contribution in [1.82, 2.24) is 0 Å². The van der Waals surface area contributed by atoms with Crippen LogP contribution in [0.5, 0.6) is 0 Å². The summed E-state index contributed by atoms with van der Waals surface area (Å²) in [5.74, 6) is 0. The quantitative estimate of drug-likeness (QED) is 0.690. The van der Waals surface area contributed by atoms with Gasteiger partial charge >= 0.3 is 26.2 Å². The molecule has 0 N–H and O–H groups in total. The number of rotatable bonds is 1. The zero-order chi connectivity index (χ0) is 9.38. The smallest absolute Gasteiger partial charge is 0.144 e. The van der Waals surface area contributed by atoms with Crippen LogP contribution in [0.4, 0.5) is 0 Å². The predicted molar refractivity (Wildman–Crippen MR) is 61.3 cm³/mol. The third-order valence-corrected chi connectivity index (χ3v) is 2.80. The molecular weight excluding hydrogens is 259 g/mol. The second kappa shape index (κ2) is 4.37. The Hall–Kier alpha value is -0.807. The molecule has 0 fully saturated rings. The standard InChI is InChI=1S/C14H11.Zr/c1-2-6-11(5-1)14-10-9-12-7-3-4-8-13(12)14;/h1-5,7-10H,6H2;/q-1;+2. The van der Waals surface area contributed by atoms with Gasteiger partial charge in [-0.1, -0.05) is 35.9 Å². The van der Waals surface area contributed by atoms with E-state index >= 15 is 0 Å². The summed E-state index contributed by atoms with van der Waals surface area (Å²) >= 11 is 0. The van der Waals surface area contributed by atoms with E-state index in [0.717, 1.165) is 6.42 Å². The number of hydrogen-bond acceptors (Lipinski definition) is 0. The van der Waals surface area contributed by atoms with E-state index in [1.165, 1.54) is 21.9 Å². The third-order valence-electron chi connectivity index (χ3n) is 2.80. The molecule has 0 atom stereocenters.